The molecular formula is C15H19FO4. The zero-order chi connectivity index (χ0) is 14.4. The summed E-state index contributed by atoms with van der Waals surface area (Å²) >= 11 is 0. The molecule has 110 valence electrons. The average molecular weight is 282 g/mol. The summed E-state index contributed by atoms with van der Waals surface area (Å²) in [5.74, 6) is -0.185. The van der Waals surface area contributed by atoms with Crippen molar-refractivity contribution in [3.05, 3.63) is 29.6 Å². The Morgan fingerprint density at radius 3 is 2.80 bits per heavy atom. The van der Waals surface area contributed by atoms with Crippen LogP contribution in [0.4, 0.5) is 4.39 Å². The van der Waals surface area contributed by atoms with E-state index in [-0.39, 0.29) is 18.1 Å². The van der Waals surface area contributed by atoms with Gasteiger partial charge in [0.1, 0.15) is 6.61 Å². The second-order valence-electron chi connectivity index (χ2n) is 4.84. The van der Waals surface area contributed by atoms with Crippen molar-refractivity contribution in [2.45, 2.75) is 12.8 Å². The Labute approximate surface area is 117 Å². The minimum atomic E-state index is -0.539. The van der Waals surface area contributed by atoms with Gasteiger partial charge in [0.25, 0.3) is 0 Å². The Bertz CT molecular complexity index is 455. The Balaban J connectivity index is 1.80. The van der Waals surface area contributed by atoms with E-state index in [1.165, 1.54) is 19.2 Å². The van der Waals surface area contributed by atoms with E-state index in [2.05, 4.69) is 0 Å². The second-order valence-corrected chi connectivity index (χ2v) is 4.84. The quantitative estimate of drug-likeness (QED) is 0.752. The number of Topliss-reactive ketones (excluding diaryl/α,β-unsaturated/α-hetero) is 1. The van der Waals surface area contributed by atoms with Gasteiger partial charge < -0.3 is 14.2 Å². The minimum absolute atomic E-state index is 0.0247. The Morgan fingerprint density at radius 1 is 1.40 bits per heavy atom. The summed E-state index contributed by atoms with van der Waals surface area (Å²) in [4.78, 5) is 11.9. The number of ketones is 1. The maximum absolute atomic E-state index is 13.5. The fourth-order valence-corrected chi connectivity index (χ4v) is 2.15. The van der Waals surface area contributed by atoms with Gasteiger partial charge in [-0.25, -0.2) is 4.39 Å². The van der Waals surface area contributed by atoms with Gasteiger partial charge in [0.15, 0.2) is 17.3 Å². The smallest absolute Gasteiger partial charge is 0.188 e. The molecule has 0 unspecified atom stereocenters. The summed E-state index contributed by atoms with van der Waals surface area (Å²) < 4.78 is 29.0. The largest absolute Gasteiger partial charge is 0.494 e. The third-order valence-corrected chi connectivity index (χ3v) is 3.40. The average Bonchev–Trinajstić information content (AvgIpc) is 2.48. The molecule has 1 aromatic carbocycles. The van der Waals surface area contributed by atoms with Crippen LogP contribution in [0.2, 0.25) is 0 Å². The van der Waals surface area contributed by atoms with Gasteiger partial charge in [0, 0.05) is 18.8 Å². The number of carbonyl (C=O) groups is 1. The maximum atomic E-state index is 13.5. The zero-order valence-electron chi connectivity index (χ0n) is 11.6. The van der Waals surface area contributed by atoms with Crippen LogP contribution in [0.25, 0.3) is 0 Å². The normalized spacial score (nSPS) is 16.1. The molecule has 1 aliphatic heterocycles. The maximum Gasteiger partial charge on any atom is 0.188 e. The van der Waals surface area contributed by atoms with Gasteiger partial charge in [-0.1, -0.05) is 0 Å². The third-order valence-electron chi connectivity index (χ3n) is 3.40. The Kier molecular flexibility index (Phi) is 5.49. The molecule has 1 saturated heterocycles. The molecule has 1 fully saturated rings. The van der Waals surface area contributed by atoms with Crippen molar-refractivity contribution in [1.29, 1.82) is 0 Å². The lowest BCUT2D eigenvalue weighted by molar-refractivity contribution is 0.0216. The lowest BCUT2D eigenvalue weighted by atomic mass is 10.0. The van der Waals surface area contributed by atoms with E-state index < -0.39 is 5.82 Å². The molecule has 0 amide bonds. The molecule has 1 aromatic rings. The van der Waals surface area contributed by atoms with Crippen molar-refractivity contribution >= 4 is 5.78 Å². The monoisotopic (exact) mass is 282 g/mol. The van der Waals surface area contributed by atoms with Crippen LogP contribution >= 0.6 is 0 Å². The minimum Gasteiger partial charge on any atom is -0.494 e. The van der Waals surface area contributed by atoms with Crippen molar-refractivity contribution < 1.29 is 23.4 Å². The summed E-state index contributed by atoms with van der Waals surface area (Å²) in [6, 6.07) is 4.17. The lowest BCUT2D eigenvalue weighted by Crippen LogP contribution is -2.22. The fraction of sp³-hybridized carbons (Fsp3) is 0.533. The van der Waals surface area contributed by atoms with Crippen LogP contribution in [0.3, 0.4) is 0 Å². The highest BCUT2D eigenvalue weighted by Crippen LogP contribution is 2.18. The van der Waals surface area contributed by atoms with Crippen molar-refractivity contribution in [2.24, 2.45) is 5.92 Å². The molecule has 20 heavy (non-hydrogen) atoms. The molecule has 4 nitrogen and oxygen atoms in total. The molecule has 0 bridgehead atoms. The summed E-state index contributed by atoms with van der Waals surface area (Å²) in [5, 5.41) is 0. The van der Waals surface area contributed by atoms with Gasteiger partial charge in [0.05, 0.1) is 13.7 Å². The van der Waals surface area contributed by atoms with Crippen molar-refractivity contribution in [2.75, 3.05) is 33.5 Å². The first-order chi connectivity index (χ1) is 9.70. The van der Waals surface area contributed by atoms with E-state index in [0.717, 1.165) is 26.1 Å². The number of ether oxygens (including phenoxy) is 3. The molecule has 0 N–H and O–H groups in total. The van der Waals surface area contributed by atoms with E-state index in [1.807, 2.05) is 0 Å². The van der Waals surface area contributed by atoms with Crippen LogP contribution in [0.15, 0.2) is 18.2 Å². The Morgan fingerprint density at radius 2 is 2.15 bits per heavy atom. The summed E-state index contributed by atoms with van der Waals surface area (Å²) in [6.07, 6.45) is 1.93. The molecule has 0 atom stereocenters. The van der Waals surface area contributed by atoms with Gasteiger partial charge in [-0.05, 0) is 37.0 Å². The first-order valence-electron chi connectivity index (χ1n) is 6.73. The van der Waals surface area contributed by atoms with Crippen LogP contribution in [0.1, 0.15) is 23.2 Å². The van der Waals surface area contributed by atoms with Crippen molar-refractivity contribution in [3.63, 3.8) is 0 Å². The first-order valence-corrected chi connectivity index (χ1v) is 6.73. The number of benzene rings is 1. The number of carbonyl (C=O) groups excluding carboxylic acids is 1. The number of halogens is 1. The molecule has 0 aromatic heterocycles. The number of hydrogen-bond donors (Lipinski definition) is 0. The molecule has 0 aliphatic carbocycles. The predicted octanol–water partition coefficient (Wildman–Crippen LogP) is 2.46. The summed E-state index contributed by atoms with van der Waals surface area (Å²) in [5.41, 5.74) is 0.301. The standard InChI is InChI=1S/C15H19FO4/c1-18-15-3-2-12(8-13(15)16)14(17)10-20-9-11-4-6-19-7-5-11/h2-3,8,11H,4-7,9-10H2,1H3. The lowest BCUT2D eigenvalue weighted by Gasteiger charge is -2.21. The van der Waals surface area contributed by atoms with Gasteiger partial charge in [-0.2, -0.15) is 0 Å². The van der Waals surface area contributed by atoms with Crippen LogP contribution in [-0.4, -0.2) is 39.3 Å². The third kappa shape index (κ3) is 4.02. The van der Waals surface area contributed by atoms with Gasteiger partial charge in [-0.3, -0.25) is 4.79 Å². The number of methoxy groups -OCH3 is 1. The van der Waals surface area contributed by atoms with Crippen molar-refractivity contribution in [3.8, 4) is 5.75 Å². The SMILES string of the molecule is COc1ccc(C(=O)COCC2CCOCC2)cc1F. The highest BCUT2D eigenvalue weighted by molar-refractivity contribution is 5.97. The van der Waals surface area contributed by atoms with E-state index in [9.17, 15) is 9.18 Å². The molecule has 0 saturated carbocycles. The van der Waals surface area contributed by atoms with E-state index in [0.29, 0.717) is 18.1 Å². The van der Waals surface area contributed by atoms with Crippen LogP contribution < -0.4 is 4.74 Å². The van der Waals surface area contributed by atoms with Crippen molar-refractivity contribution in [1.82, 2.24) is 0 Å². The van der Waals surface area contributed by atoms with E-state index >= 15 is 0 Å². The molecule has 1 aliphatic rings. The fourth-order valence-electron chi connectivity index (χ4n) is 2.15. The topological polar surface area (TPSA) is 44.8 Å². The molecule has 1 heterocycles. The summed E-state index contributed by atoms with van der Waals surface area (Å²) in [6.45, 7) is 2.04. The van der Waals surface area contributed by atoms with Crippen LogP contribution in [0, 0.1) is 11.7 Å². The van der Waals surface area contributed by atoms with Gasteiger partial charge >= 0.3 is 0 Å². The molecule has 0 radical (unpaired) electrons. The molecule has 2 rings (SSSR count). The molecule has 0 spiro atoms. The molecular weight excluding hydrogens is 263 g/mol. The second kappa shape index (κ2) is 7.36. The highest BCUT2D eigenvalue weighted by Gasteiger charge is 2.15. The molecule has 5 heteroatoms. The van der Waals surface area contributed by atoms with E-state index in [1.54, 1.807) is 6.07 Å². The van der Waals surface area contributed by atoms with Gasteiger partial charge in [0.2, 0.25) is 0 Å². The zero-order valence-corrected chi connectivity index (χ0v) is 11.6. The summed E-state index contributed by atoms with van der Waals surface area (Å²) in [7, 11) is 1.39. The Hall–Kier alpha value is -1.46. The predicted molar refractivity (Wildman–Crippen MR) is 71.6 cm³/mol. The number of rotatable bonds is 6. The van der Waals surface area contributed by atoms with Gasteiger partial charge in [-0.15, -0.1) is 0 Å². The first kappa shape index (κ1) is 14.9. The van der Waals surface area contributed by atoms with Crippen LogP contribution in [-0.2, 0) is 9.47 Å². The van der Waals surface area contributed by atoms with E-state index in [4.69, 9.17) is 14.2 Å². The highest BCUT2D eigenvalue weighted by atomic mass is 19.1. The van der Waals surface area contributed by atoms with Crippen LogP contribution in [0.5, 0.6) is 5.75 Å². The number of hydrogen-bond acceptors (Lipinski definition) is 4.